The molecule has 0 fully saturated rings. The van der Waals surface area contributed by atoms with Crippen molar-refractivity contribution in [1.29, 1.82) is 0 Å². The van der Waals surface area contributed by atoms with Crippen LogP contribution in [-0.2, 0) is 25.7 Å². The summed E-state index contributed by atoms with van der Waals surface area (Å²) in [5.41, 5.74) is 20.0. The summed E-state index contributed by atoms with van der Waals surface area (Å²) in [6.45, 7) is 0. The lowest BCUT2D eigenvalue weighted by molar-refractivity contribution is 0.969. The molecule has 0 bridgehead atoms. The summed E-state index contributed by atoms with van der Waals surface area (Å²) in [5.74, 6) is 1.10. The Hall–Kier alpha value is -4.17. The van der Waals surface area contributed by atoms with Crippen molar-refractivity contribution in [2.75, 3.05) is 4.90 Å². The second-order valence-electron chi connectivity index (χ2n) is 10.4. The minimum atomic E-state index is 0.948. The van der Waals surface area contributed by atoms with Gasteiger partial charge in [-0.25, -0.2) is 4.98 Å². The van der Waals surface area contributed by atoms with Gasteiger partial charge >= 0.3 is 0 Å². The lowest BCUT2D eigenvalue weighted by Crippen LogP contribution is -2.26. The highest BCUT2D eigenvalue weighted by Crippen LogP contribution is 2.54. The molecule has 164 valence electrons. The molecule has 2 aliphatic carbocycles. The molecule has 0 saturated carbocycles. The molecule has 3 heterocycles. The number of hydrogen-bond acceptors (Lipinski definition) is 2. The summed E-state index contributed by atoms with van der Waals surface area (Å²) >= 11 is 0. The number of para-hydroxylation sites is 1. The second kappa shape index (κ2) is 6.28. The maximum atomic E-state index is 4.87. The number of pyridine rings is 1. The van der Waals surface area contributed by atoms with Crippen molar-refractivity contribution in [2.45, 2.75) is 25.7 Å². The van der Waals surface area contributed by atoms with Gasteiger partial charge in [-0.3, -0.25) is 4.90 Å². The Morgan fingerprint density at radius 2 is 1.20 bits per heavy atom. The van der Waals surface area contributed by atoms with Gasteiger partial charge in [-0.1, -0.05) is 48.5 Å². The van der Waals surface area contributed by atoms with Crippen molar-refractivity contribution < 1.29 is 0 Å². The third-order valence-electron chi connectivity index (χ3n) is 8.56. The molecule has 1 aromatic heterocycles. The molecule has 0 spiro atoms. The summed E-state index contributed by atoms with van der Waals surface area (Å²) in [5, 5.41) is 0. The zero-order valence-electron chi connectivity index (χ0n) is 19.3. The van der Waals surface area contributed by atoms with Crippen LogP contribution in [0.25, 0.3) is 22.3 Å². The summed E-state index contributed by atoms with van der Waals surface area (Å²) in [6, 6.07) is 29.6. The molecule has 5 aromatic rings. The molecule has 2 heteroatoms. The van der Waals surface area contributed by atoms with Crippen LogP contribution in [0.15, 0.2) is 85.1 Å². The fraction of sp³-hybridized carbons (Fsp3) is 0.121. The van der Waals surface area contributed by atoms with Crippen LogP contribution in [0.2, 0.25) is 0 Å². The second-order valence-corrected chi connectivity index (χ2v) is 10.4. The highest BCUT2D eigenvalue weighted by atomic mass is 15.2. The smallest absolute Gasteiger partial charge is 0.141 e. The normalized spacial score (nSPS) is 14.9. The number of nitrogens with zero attached hydrogens (tertiary/aromatic N) is 2. The van der Waals surface area contributed by atoms with Crippen LogP contribution in [0.4, 0.5) is 17.2 Å². The number of anilines is 3. The van der Waals surface area contributed by atoms with Crippen LogP contribution in [0.1, 0.15) is 44.5 Å². The van der Waals surface area contributed by atoms with Gasteiger partial charge in [0.2, 0.25) is 0 Å². The molecule has 2 nitrogen and oxygen atoms in total. The summed E-state index contributed by atoms with van der Waals surface area (Å²) < 4.78 is 0. The van der Waals surface area contributed by atoms with E-state index in [1.54, 1.807) is 0 Å². The fourth-order valence-electron chi connectivity index (χ4n) is 7.08. The van der Waals surface area contributed by atoms with Crippen molar-refractivity contribution >= 4 is 17.2 Å². The van der Waals surface area contributed by atoms with Crippen LogP contribution in [-0.4, -0.2) is 4.98 Å². The zero-order chi connectivity index (χ0) is 22.7. The summed E-state index contributed by atoms with van der Waals surface area (Å²) in [7, 11) is 0. The van der Waals surface area contributed by atoms with Crippen LogP contribution in [0.5, 0.6) is 0 Å². The SMILES string of the molecule is c1ccc2c(c1)Cc1cc3c(cc1-2)Cc1c-3cc2c3c1Cc1ccccc1N3c1ncccc1C2. The van der Waals surface area contributed by atoms with Crippen molar-refractivity contribution in [3.05, 3.63) is 130 Å². The molecule has 4 aliphatic rings. The molecule has 0 radical (unpaired) electrons. The first kappa shape index (κ1) is 18.2. The van der Waals surface area contributed by atoms with Crippen LogP contribution < -0.4 is 4.90 Å². The van der Waals surface area contributed by atoms with Crippen molar-refractivity contribution in [1.82, 2.24) is 4.98 Å². The van der Waals surface area contributed by atoms with E-state index >= 15 is 0 Å². The van der Waals surface area contributed by atoms with Crippen molar-refractivity contribution in [3.63, 3.8) is 0 Å². The van der Waals surface area contributed by atoms with Gasteiger partial charge in [0.05, 0.1) is 11.4 Å². The number of fused-ring (bicyclic) bond motifs is 11. The first-order valence-corrected chi connectivity index (χ1v) is 12.6. The minimum Gasteiger partial charge on any atom is -0.294 e. The molecule has 0 amide bonds. The Morgan fingerprint density at radius 3 is 2.14 bits per heavy atom. The maximum Gasteiger partial charge on any atom is 0.141 e. The molecule has 0 unspecified atom stereocenters. The maximum absolute atomic E-state index is 4.87. The van der Waals surface area contributed by atoms with Crippen LogP contribution >= 0.6 is 0 Å². The zero-order valence-corrected chi connectivity index (χ0v) is 19.3. The monoisotopic (exact) mass is 446 g/mol. The molecule has 0 N–H and O–H groups in total. The Morgan fingerprint density at radius 1 is 0.514 bits per heavy atom. The molecule has 35 heavy (non-hydrogen) atoms. The van der Waals surface area contributed by atoms with E-state index in [9.17, 15) is 0 Å². The average Bonchev–Trinajstić information content (AvgIpc) is 3.44. The van der Waals surface area contributed by atoms with E-state index in [2.05, 4.69) is 83.8 Å². The molecule has 2 aliphatic heterocycles. The van der Waals surface area contributed by atoms with E-state index in [1.807, 2.05) is 6.20 Å². The summed E-state index contributed by atoms with van der Waals surface area (Å²) in [4.78, 5) is 7.31. The molecule has 0 atom stereocenters. The Labute approximate surface area is 204 Å². The largest absolute Gasteiger partial charge is 0.294 e. The molecule has 0 saturated heterocycles. The first-order valence-electron chi connectivity index (χ1n) is 12.6. The van der Waals surface area contributed by atoms with E-state index < -0.39 is 0 Å². The average molecular weight is 447 g/mol. The van der Waals surface area contributed by atoms with Gasteiger partial charge in [0, 0.05) is 19.0 Å². The van der Waals surface area contributed by atoms with Crippen LogP contribution in [0, 0.1) is 0 Å². The van der Waals surface area contributed by atoms with E-state index in [0.717, 1.165) is 31.5 Å². The minimum absolute atomic E-state index is 0.948. The molecule has 4 aromatic carbocycles. The highest BCUT2D eigenvalue weighted by molar-refractivity contribution is 5.94. The van der Waals surface area contributed by atoms with Gasteiger partial charge in [0.25, 0.3) is 0 Å². The van der Waals surface area contributed by atoms with Gasteiger partial charge in [0.1, 0.15) is 5.82 Å². The first-order chi connectivity index (χ1) is 17.3. The van der Waals surface area contributed by atoms with E-state index in [0.29, 0.717) is 0 Å². The Balaban J connectivity index is 1.29. The predicted octanol–water partition coefficient (Wildman–Crippen LogP) is 7.50. The van der Waals surface area contributed by atoms with Gasteiger partial charge in [-0.05, 0) is 110 Å². The fourth-order valence-corrected chi connectivity index (χ4v) is 7.08. The van der Waals surface area contributed by atoms with Gasteiger partial charge in [0.15, 0.2) is 0 Å². The lowest BCUT2D eigenvalue weighted by atomic mass is 9.83. The van der Waals surface area contributed by atoms with E-state index in [4.69, 9.17) is 4.98 Å². The predicted molar refractivity (Wildman–Crippen MR) is 141 cm³/mol. The Kier molecular flexibility index (Phi) is 3.27. The molecular weight excluding hydrogens is 424 g/mol. The van der Waals surface area contributed by atoms with Gasteiger partial charge in [-0.15, -0.1) is 0 Å². The number of benzene rings is 4. The number of aromatic nitrogens is 1. The Bertz CT molecular complexity index is 1750. The van der Waals surface area contributed by atoms with Crippen molar-refractivity contribution in [3.8, 4) is 22.3 Å². The third kappa shape index (κ3) is 2.27. The number of hydrogen-bond donors (Lipinski definition) is 0. The van der Waals surface area contributed by atoms with Crippen molar-refractivity contribution in [2.24, 2.45) is 0 Å². The van der Waals surface area contributed by atoms with E-state index in [-0.39, 0.29) is 0 Å². The van der Waals surface area contributed by atoms with E-state index in [1.165, 1.54) is 78.1 Å². The van der Waals surface area contributed by atoms with Gasteiger partial charge in [-0.2, -0.15) is 0 Å². The quantitative estimate of drug-likeness (QED) is 0.240. The lowest BCUT2D eigenvalue weighted by Gasteiger charge is -2.39. The standard InChI is InChI=1S/C33H22N2/c1-3-9-25-19(6-1)12-22-15-27-23(16-26(22)25)17-29-28(27)18-24-13-21-8-5-11-34-33(21)35-31-10-4-2-7-20(31)14-30(29)32(24)35/h1-11,15-16,18H,12-14,17H2. The highest BCUT2D eigenvalue weighted by Gasteiger charge is 2.37. The number of rotatable bonds is 0. The van der Waals surface area contributed by atoms with Crippen LogP contribution in [0.3, 0.4) is 0 Å². The van der Waals surface area contributed by atoms with Gasteiger partial charge < -0.3 is 0 Å². The molecule has 9 rings (SSSR count). The topological polar surface area (TPSA) is 16.1 Å². The third-order valence-corrected chi connectivity index (χ3v) is 8.56. The molecular formula is C33H22N2. The summed E-state index contributed by atoms with van der Waals surface area (Å²) in [6.07, 6.45) is 5.95.